The van der Waals surface area contributed by atoms with Crippen molar-refractivity contribution in [1.29, 1.82) is 0 Å². The standard InChI is InChI=1S/C12H21N3O2S2/c1-9(18-3)6-7-15-10-4-5-12(11(13)8-10)19(16,17)14-2/h4-5,8-9,14-15H,6-7,13H2,1-3H3. The Morgan fingerprint density at radius 2 is 2.11 bits per heavy atom. The van der Waals surface area contributed by atoms with Crippen LogP contribution >= 0.6 is 11.8 Å². The van der Waals surface area contributed by atoms with Gasteiger partial charge in [-0.15, -0.1) is 0 Å². The smallest absolute Gasteiger partial charge is 0.242 e. The number of rotatable bonds is 7. The summed E-state index contributed by atoms with van der Waals surface area (Å²) in [5, 5.41) is 3.83. The van der Waals surface area contributed by atoms with E-state index in [2.05, 4.69) is 23.2 Å². The number of benzene rings is 1. The molecule has 0 bridgehead atoms. The number of nitrogen functional groups attached to an aromatic ring is 1. The van der Waals surface area contributed by atoms with Crippen LogP contribution in [0.1, 0.15) is 13.3 Å². The molecule has 0 aromatic heterocycles. The summed E-state index contributed by atoms with van der Waals surface area (Å²) >= 11 is 1.82. The summed E-state index contributed by atoms with van der Waals surface area (Å²) in [6.45, 7) is 3.00. The molecule has 0 fully saturated rings. The summed E-state index contributed by atoms with van der Waals surface area (Å²) < 4.78 is 25.6. The first-order valence-corrected chi connectivity index (χ1v) is 8.77. The molecule has 0 amide bonds. The quantitative estimate of drug-likeness (QED) is 0.668. The molecule has 0 saturated heterocycles. The van der Waals surface area contributed by atoms with E-state index in [0.29, 0.717) is 5.25 Å². The van der Waals surface area contributed by atoms with Gasteiger partial charge in [0.1, 0.15) is 4.90 Å². The van der Waals surface area contributed by atoms with Gasteiger partial charge in [0.25, 0.3) is 0 Å². The van der Waals surface area contributed by atoms with Crippen LogP contribution in [0, 0.1) is 0 Å². The van der Waals surface area contributed by atoms with E-state index >= 15 is 0 Å². The third-order valence-corrected chi connectivity index (χ3v) is 5.38. The molecule has 1 atom stereocenters. The SMILES string of the molecule is CNS(=O)(=O)c1ccc(NCCC(C)SC)cc1N. The lowest BCUT2D eigenvalue weighted by Crippen LogP contribution is -2.20. The minimum atomic E-state index is -3.49. The van der Waals surface area contributed by atoms with E-state index < -0.39 is 10.0 Å². The van der Waals surface area contributed by atoms with E-state index in [1.807, 2.05) is 11.8 Å². The van der Waals surface area contributed by atoms with Crippen molar-refractivity contribution in [2.45, 2.75) is 23.5 Å². The Labute approximate surface area is 119 Å². The molecule has 5 nitrogen and oxygen atoms in total. The van der Waals surface area contributed by atoms with Crippen molar-refractivity contribution in [3.8, 4) is 0 Å². The fourth-order valence-electron chi connectivity index (χ4n) is 1.55. The minimum absolute atomic E-state index is 0.109. The van der Waals surface area contributed by atoms with Gasteiger partial charge >= 0.3 is 0 Å². The van der Waals surface area contributed by atoms with Crippen LogP contribution in [0.3, 0.4) is 0 Å². The molecule has 0 radical (unpaired) electrons. The Bertz CT molecular complexity index is 518. The number of anilines is 2. The van der Waals surface area contributed by atoms with Crippen LogP contribution in [0.25, 0.3) is 0 Å². The summed E-state index contributed by atoms with van der Waals surface area (Å²) in [4.78, 5) is 0.109. The predicted molar refractivity (Wildman–Crippen MR) is 83.2 cm³/mol. The van der Waals surface area contributed by atoms with E-state index in [4.69, 9.17) is 5.73 Å². The van der Waals surface area contributed by atoms with Crippen LogP contribution in [-0.4, -0.2) is 33.5 Å². The first-order chi connectivity index (χ1) is 8.90. The summed E-state index contributed by atoms with van der Waals surface area (Å²) in [5.74, 6) is 0. The maximum absolute atomic E-state index is 11.7. The third-order valence-electron chi connectivity index (χ3n) is 2.85. The molecule has 19 heavy (non-hydrogen) atoms. The molecular formula is C12H21N3O2S2. The molecule has 0 heterocycles. The average Bonchev–Trinajstić information content (AvgIpc) is 2.38. The molecule has 4 N–H and O–H groups in total. The number of sulfonamides is 1. The van der Waals surface area contributed by atoms with Crippen LogP contribution in [0.5, 0.6) is 0 Å². The van der Waals surface area contributed by atoms with E-state index in [1.165, 1.54) is 13.1 Å². The van der Waals surface area contributed by atoms with Crippen LogP contribution in [0.15, 0.2) is 23.1 Å². The fraction of sp³-hybridized carbons (Fsp3) is 0.500. The van der Waals surface area contributed by atoms with Crippen molar-refractivity contribution in [2.75, 3.05) is 30.9 Å². The highest BCUT2D eigenvalue weighted by atomic mass is 32.2. The second-order valence-corrected chi connectivity index (χ2v) is 7.35. The Balaban J connectivity index is 2.73. The van der Waals surface area contributed by atoms with Gasteiger partial charge in [-0.25, -0.2) is 13.1 Å². The third kappa shape index (κ3) is 4.59. The van der Waals surface area contributed by atoms with Crippen LogP contribution in [-0.2, 0) is 10.0 Å². The highest BCUT2D eigenvalue weighted by molar-refractivity contribution is 7.99. The Kier molecular flexibility index (Phi) is 5.96. The largest absolute Gasteiger partial charge is 0.398 e. The van der Waals surface area contributed by atoms with E-state index in [9.17, 15) is 8.42 Å². The lowest BCUT2D eigenvalue weighted by Gasteiger charge is -2.12. The van der Waals surface area contributed by atoms with Gasteiger partial charge < -0.3 is 11.1 Å². The zero-order valence-corrected chi connectivity index (χ0v) is 13.1. The van der Waals surface area contributed by atoms with Gasteiger partial charge in [-0.05, 0) is 37.9 Å². The number of hydrogen-bond acceptors (Lipinski definition) is 5. The second kappa shape index (κ2) is 7.02. The summed E-state index contributed by atoms with van der Waals surface area (Å²) in [6.07, 6.45) is 3.12. The number of nitrogens with one attached hydrogen (secondary N) is 2. The van der Waals surface area contributed by atoms with Crippen LogP contribution in [0.2, 0.25) is 0 Å². The highest BCUT2D eigenvalue weighted by Crippen LogP contribution is 2.22. The van der Waals surface area contributed by atoms with Crippen molar-refractivity contribution in [1.82, 2.24) is 4.72 Å². The lowest BCUT2D eigenvalue weighted by atomic mass is 10.2. The van der Waals surface area contributed by atoms with Gasteiger partial charge in [0, 0.05) is 17.5 Å². The van der Waals surface area contributed by atoms with Crippen molar-refractivity contribution in [3.05, 3.63) is 18.2 Å². The molecular weight excluding hydrogens is 282 g/mol. The Morgan fingerprint density at radius 3 is 2.63 bits per heavy atom. The lowest BCUT2D eigenvalue weighted by molar-refractivity contribution is 0.588. The Hall–Kier alpha value is -0.920. The summed E-state index contributed by atoms with van der Waals surface area (Å²) in [7, 11) is -2.12. The van der Waals surface area contributed by atoms with Crippen molar-refractivity contribution >= 4 is 33.2 Å². The second-order valence-electron chi connectivity index (χ2n) is 4.22. The first-order valence-electron chi connectivity index (χ1n) is 6.00. The molecule has 1 unspecified atom stereocenters. The van der Waals surface area contributed by atoms with Crippen LogP contribution in [0.4, 0.5) is 11.4 Å². The maximum atomic E-state index is 11.7. The molecule has 1 aromatic rings. The molecule has 1 rings (SSSR count). The predicted octanol–water partition coefficient (Wildman–Crippen LogP) is 1.73. The fourth-order valence-corrected chi connectivity index (χ4v) is 2.74. The molecule has 1 aromatic carbocycles. The average molecular weight is 303 g/mol. The highest BCUT2D eigenvalue weighted by Gasteiger charge is 2.15. The van der Waals surface area contributed by atoms with Gasteiger partial charge in [0.2, 0.25) is 10.0 Å². The number of nitrogens with two attached hydrogens (primary N) is 1. The molecule has 7 heteroatoms. The Morgan fingerprint density at radius 1 is 1.42 bits per heavy atom. The van der Waals surface area contributed by atoms with Gasteiger partial charge in [-0.1, -0.05) is 6.92 Å². The number of thioether (sulfide) groups is 1. The summed E-state index contributed by atoms with van der Waals surface area (Å²) in [6, 6.07) is 4.89. The molecule has 0 saturated carbocycles. The van der Waals surface area contributed by atoms with Gasteiger partial charge in [0.15, 0.2) is 0 Å². The molecule has 0 aliphatic carbocycles. The van der Waals surface area contributed by atoms with Crippen molar-refractivity contribution in [2.24, 2.45) is 0 Å². The van der Waals surface area contributed by atoms with E-state index in [-0.39, 0.29) is 10.6 Å². The zero-order chi connectivity index (χ0) is 14.5. The molecule has 0 aliphatic heterocycles. The first kappa shape index (κ1) is 16.1. The monoisotopic (exact) mass is 303 g/mol. The molecule has 0 aliphatic rings. The zero-order valence-electron chi connectivity index (χ0n) is 11.4. The normalized spacial score (nSPS) is 13.2. The maximum Gasteiger partial charge on any atom is 0.242 e. The van der Waals surface area contributed by atoms with Gasteiger partial charge in [-0.2, -0.15) is 11.8 Å². The minimum Gasteiger partial charge on any atom is -0.398 e. The van der Waals surface area contributed by atoms with Crippen LogP contribution < -0.4 is 15.8 Å². The van der Waals surface area contributed by atoms with Gasteiger partial charge in [-0.3, -0.25) is 0 Å². The molecule has 0 spiro atoms. The van der Waals surface area contributed by atoms with Gasteiger partial charge in [0.05, 0.1) is 5.69 Å². The number of hydrogen-bond donors (Lipinski definition) is 3. The van der Waals surface area contributed by atoms with E-state index in [0.717, 1.165) is 18.7 Å². The summed E-state index contributed by atoms with van der Waals surface area (Å²) in [5.41, 5.74) is 6.86. The van der Waals surface area contributed by atoms with E-state index in [1.54, 1.807) is 12.1 Å². The molecule has 108 valence electrons. The van der Waals surface area contributed by atoms with Crippen molar-refractivity contribution in [3.63, 3.8) is 0 Å². The topological polar surface area (TPSA) is 84.2 Å². The van der Waals surface area contributed by atoms with Crippen molar-refractivity contribution < 1.29 is 8.42 Å².